The second-order valence-electron chi connectivity index (χ2n) is 9.14. The van der Waals surface area contributed by atoms with Crippen molar-refractivity contribution in [2.75, 3.05) is 32.6 Å². The third-order valence-electron chi connectivity index (χ3n) is 6.77. The van der Waals surface area contributed by atoms with Gasteiger partial charge < -0.3 is 24.4 Å². The van der Waals surface area contributed by atoms with Crippen LogP contribution in [0.2, 0.25) is 0 Å². The third-order valence-corrected chi connectivity index (χ3v) is 6.77. The van der Waals surface area contributed by atoms with Gasteiger partial charge in [0.15, 0.2) is 11.5 Å². The molecule has 1 N–H and O–H groups in total. The van der Waals surface area contributed by atoms with E-state index in [0.29, 0.717) is 60.2 Å². The molecule has 0 radical (unpaired) electrons. The van der Waals surface area contributed by atoms with Crippen molar-refractivity contribution in [1.82, 2.24) is 14.9 Å². The maximum atomic E-state index is 13.5. The number of rotatable bonds is 8. The van der Waals surface area contributed by atoms with Crippen LogP contribution >= 0.6 is 0 Å². The Morgan fingerprint density at radius 1 is 0.974 bits per heavy atom. The molecule has 1 aliphatic heterocycles. The summed E-state index contributed by atoms with van der Waals surface area (Å²) in [5.74, 6) is 1.97. The first-order chi connectivity index (χ1) is 19.0. The minimum Gasteiger partial charge on any atom is -0.495 e. The number of halogens is 1. The van der Waals surface area contributed by atoms with Gasteiger partial charge in [-0.1, -0.05) is 24.8 Å². The topological polar surface area (TPSA) is 85.8 Å². The van der Waals surface area contributed by atoms with Crippen LogP contribution in [0.5, 0.6) is 17.2 Å². The summed E-state index contributed by atoms with van der Waals surface area (Å²) in [6, 6.07) is 15.7. The number of carbonyl (C=O) groups excluding carboxylic acids is 1. The third kappa shape index (κ3) is 5.62. The molecule has 9 heteroatoms. The number of hydrogen-bond acceptors (Lipinski definition) is 7. The van der Waals surface area contributed by atoms with Crippen molar-refractivity contribution in [3.05, 3.63) is 79.4 Å². The largest absolute Gasteiger partial charge is 0.495 e. The smallest absolute Gasteiger partial charge is 0.245 e. The van der Waals surface area contributed by atoms with Crippen LogP contribution in [0, 0.1) is 5.82 Å². The van der Waals surface area contributed by atoms with E-state index < -0.39 is 0 Å². The molecular formula is C30H29FN4O4. The highest BCUT2D eigenvalue weighted by Crippen LogP contribution is 2.38. The molecule has 0 bridgehead atoms. The Bertz CT molecular complexity index is 1500. The van der Waals surface area contributed by atoms with Crippen LogP contribution in [0.1, 0.15) is 12.8 Å². The van der Waals surface area contributed by atoms with Gasteiger partial charge >= 0.3 is 0 Å². The number of methoxy groups -OCH3 is 2. The van der Waals surface area contributed by atoms with Crippen molar-refractivity contribution in [3.8, 4) is 28.4 Å². The van der Waals surface area contributed by atoms with Crippen molar-refractivity contribution >= 4 is 28.3 Å². The number of aromatic nitrogens is 2. The second kappa shape index (κ2) is 11.4. The molecule has 1 fully saturated rings. The first-order valence-electron chi connectivity index (χ1n) is 12.6. The van der Waals surface area contributed by atoms with Gasteiger partial charge in [-0.25, -0.2) is 14.4 Å². The molecule has 4 aromatic rings. The fraction of sp³-hybridized carbons (Fsp3) is 0.233. The average molecular weight is 529 g/mol. The highest BCUT2D eigenvalue weighted by atomic mass is 19.1. The summed E-state index contributed by atoms with van der Waals surface area (Å²) in [5.41, 5.74) is 3.13. The van der Waals surface area contributed by atoms with Gasteiger partial charge in [0, 0.05) is 37.4 Å². The molecule has 1 aromatic heterocycles. The highest BCUT2D eigenvalue weighted by Gasteiger charge is 2.24. The zero-order valence-electron chi connectivity index (χ0n) is 21.8. The lowest BCUT2D eigenvalue weighted by Crippen LogP contribution is -2.41. The molecular weight excluding hydrogens is 499 g/mol. The van der Waals surface area contributed by atoms with E-state index in [4.69, 9.17) is 14.2 Å². The number of carbonyl (C=O) groups is 1. The van der Waals surface area contributed by atoms with E-state index in [0.717, 1.165) is 16.5 Å². The van der Waals surface area contributed by atoms with E-state index in [1.54, 1.807) is 31.3 Å². The Balaban J connectivity index is 1.45. The van der Waals surface area contributed by atoms with Crippen LogP contribution in [-0.2, 0) is 4.79 Å². The Labute approximate surface area is 226 Å². The first-order valence-corrected chi connectivity index (χ1v) is 12.6. The molecule has 1 saturated heterocycles. The van der Waals surface area contributed by atoms with Gasteiger partial charge in [-0.15, -0.1) is 0 Å². The lowest BCUT2D eigenvalue weighted by atomic mass is 10.0. The van der Waals surface area contributed by atoms with Gasteiger partial charge in [0.1, 0.15) is 29.8 Å². The first kappa shape index (κ1) is 26.0. The van der Waals surface area contributed by atoms with E-state index in [1.807, 2.05) is 30.3 Å². The van der Waals surface area contributed by atoms with Crippen LogP contribution < -0.4 is 19.5 Å². The van der Waals surface area contributed by atoms with Crippen LogP contribution in [0.25, 0.3) is 22.0 Å². The normalized spacial score (nSPS) is 13.7. The summed E-state index contributed by atoms with van der Waals surface area (Å²) in [4.78, 5) is 22.6. The molecule has 1 amide bonds. The van der Waals surface area contributed by atoms with E-state index in [1.165, 1.54) is 24.5 Å². The van der Waals surface area contributed by atoms with Crippen molar-refractivity contribution in [2.45, 2.75) is 18.9 Å². The van der Waals surface area contributed by atoms with Crippen LogP contribution in [-0.4, -0.2) is 54.2 Å². The van der Waals surface area contributed by atoms with Crippen LogP contribution in [0.3, 0.4) is 0 Å². The summed E-state index contributed by atoms with van der Waals surface area (Å²) in [6.45, 7) is 4.77. The molecule has 2 heterocycles. The number of piperidine rings is 1. The molecule has 0 aliphatic carbocycles. The number of anilines is 2. The molecule has 0 atom stereocenters. The van der Waals surface area contributed by atoms with E-state index in [-0.39, 0.29) is 17.8 Å². The lowest BCUT2D eigenvalue weighted by molar-refractivity contribution is -0.127. The Morgan fingerprint density at radius 2 is 1.69 bits per heavy atom. The maximum absolute atomic E-state index is 13.5. The summed E-state index contributed by atoms with van der Waals surface area (Å²) >= 11 is 0. The zero-order valence-corrected chi connectivity index (χ0v) is 21.8. The van der Waals surface area contributed by atoms with Crippen molar-refractivity contribution in [2.24, 2.45) is 0 Å². The quantitative estimate of drug-likeness (QED) is 0.291. The molecule has 0 saturated carbocycles. The molecule has 200 valence electrons. The number of nitrogens with zero attached hydrogens (tertiary/aromatic N) is 3. The number of fused-ring (bicyclic) bond motifs is 1. The molecule has 0 unspecified atom stereocenters. The monoisotopic (exact) mass is 528 g/mol. The summed E-state index contributed by atoms with van der Waals surface area (Å²) in [6.07, 6.45) is 4.15. The van der Waals surface area contributed by atoms with Gasteiger partial charge in [0.25, 0.3) is 0 Å². The van der Waals surface area contributed by atoms with Gasteiger partial charge in [0.05, 0.1) is 25.4 Å². The van der Waals surface area contributed by atoms with Gasteiger partial charge in [0.2, 0.25) is 5.91 Å². The van der Waals surface area contributed by atoms with E-state index in [2.05, 4.69) is 21.9 Å². The summed E-state index contributed by atoms with van der Waals surface area (Å²) in [7, 11) is 3.19. The summed E-state index contributed by atoms with van der Waals surface area (Å²) in [5, 5.41) is 4.12. The summed E-state index contributed by atoms with van der Waals surface area (Å²) < 4.78 is 31.0. The maximum Gasteiger partial charge on any atom is 0.245 e. The molecule has 5 rings (SSSR count). The van der Waals surface area contributed by atoms with E-state index in [9.17, 15) is 9.18 Å². The lowest BCUT2D eigenvalue weighted by Gasteiger charge is -2.31. The number of hydrogen-bond donors (Lipinski definition) is 1. The molecule has 39 heavy (non-hydrogen) atoms. The molecule has 8 nitrogen and oxygen atoms in total. The van der Waals surface area contributed by atoms with Crippen molar-refractivity contribution < 1.29 is 23.4 Å². The Morgan fingerprint density at radius 3 is 2.38 bits per heavy atom. The van der Waals surface area contributed by atoms with Gasteiger partial charge in [-0.05, 0) is 47.5 Å². The average Bonchev–Trinajstić information content (AvgIpc) is 2.97. The van der Waals surface area contributed by atoms with E-state index >= 15 is 0 Å². The second-order valence-corrected chi connectivity index (χ2v) is 9.14. The SMILES string of the molecule is C=CC(=O)N1CCC(Oc2cc3c(Nc4cc(-c5ccc(F)cc5)ccc4OC)ncnc3cc2OC)CC1. The Kier molecular flexibility index (Phi) is 7.58. The number of ether oxygens (including phenoxy) is 3. The number of amides is 1. The number of likely N-dealkylation sites (tertiary alicyclic amines) is 1. The predicted molar refractivity (Wildman–Crippen MR) is 148 cm³/mol. The number of nitrogens with one attached hydrogen (secondary N) is 1. The van der Waals surface area contributed by atoms with Crippen molar-refractivity contribution in [1.29, 1.82) is 0 Å². The van der Waals surface area contributed by atoms with Crippen LogP contribution in [0.4, 0.5) is 15.9 Å². The van der Waals surface area contributed by atoms with Gasteiger partial charge in [-0.2, -0.15) is 0 Å². The standard InChI is InChI=1S/C30H29FN4O4/c1-4-29(36)35-13-11-22(12-14-35)39-28-16-23-24(17-27(28)38-3)32-18-33-30(23)34-25-15-20(7-10-26(25)37-2)19-5-8-21(31)9-6-19/h4-10,15-18,22H,1,11-14H2,2-3H3,(H,32,33,34). The Hall–Kier alpha value is -4.66. The predicted octanol–water partition coefficient (Wildman–Crippen LogP) is 5.75. The number of benzene rings is 3. The van der Waals surface area contributed by atoms with Gasteiger partial charge in [-0.3, -0.25) is 4.79 Å². The molecule has 0 spiro atoms. The molecule has 3 aromatic carbocycles. The molecule has 1 aliphatic rings. The fourth-order valence-electron chi connectivity index (χ4n) is 4.67. The minimum atomic E-state index is -0.290. The highest BCUT2D eigenvalue weighted by molar-refractivity contribution is 5.94. The van der Waals surface area contributed by atoms with Crippen LogP contribution in [0.15, 0.2) is 73.6 Å². The zero-order chi connectivity index (χ0) is 27.4. The van der Waals surface area contributed by atoms with Crippen molar-refractivity contribution in [3.63, 3.8) is 0 Å². The fourth-order valence-corrected chi connectivity index (χ4v) is 4.67. The minimum absolute atomic E-state index is 0.0662.